The van der Waals surface area contributed by atoms with E-state index in [0.717, 1.165) is 48.2 Å². The predicted molar refractivity (Wildman–Crippen MR) is 110 cm³/mol. The summed E-state index contributed by atoms with van der Waals surface area (Å²) in [5.41, 5.74) is 1.05. The summed E-state index contributed by atoms with van der Waals surface area (Å²) in [6, 6.07) is 5.93. The number of halogens is 3. The van der Waals surface area contributed by atoms with Crippen molar-refractivity contribution >= 4 is 16.8 Å². The zero-order chi connectivity index (χ0) is 22.3. The molecule has 0 spiro atoms. The van der Waals surface area contributed by atoms with Gasteiger partial charge in [0.15, 0.2) is 5.69 Å². The standard InChI is InChI=1S/C22H25F3N4O2/c1-13(18-12-28(2)19-8-7-16(30)10-17(18)19)21(31)26-11-15-9-20(22(23,24)25)27-29(15)14-5-3-4-6-14/h7-10,12-14,30H,3-6,11H2,1-2H3,(H,26,31). The minimum atomic E-state index is -4.53. The molecule has 0 saturated heterocycles. The number of phenols is 1. The Morgan fingerprint density at radius 2 is 2.00 bits per heavy atom. The maximum Gasteiger partial charge on any atom is 0.435 e. The summed E-state index contributed by atoms with van der Waals surface area (Å²) in [6.45, 7) is 1.71. The van der Waals surface area contributed by atoms with Gasteiger partial charge in [-0.25, -0.2) is 0 Å². The van der Waals surface area contributed by atoms with E-state index >= 15 is 0 Å². The smallest absolute Gasteiger partial charge is 0.435 e. The number of hydrogen-bond donors (Lipinski definition) is 2. The van der Waals surface area contributed by atoms with Crippen LogP contribution in [0.1, 0.15) is 61.5 Å². The van der Waals surface area contributed by atoms with E-state index in [1.165, 1.54) is 4.68 Å². The molecule has 1 aliphatic rings. The summed E-state index contributed by atoms with van der Waals surface area (Å²) in [5, 5.41) is 17.2. The SMILES string of the molecule is CC(C(=O)NCc1cc(C(F)(F)F)nn1C1CCCC1)c1cn(C)c2ccc(O)cc12. The van der Waals surface area contributed by atoms with E-state index in [4.69, 9.17) is 0 Å². The molecule has 0 aliphatic heterocycles. The highest BCUT2D eigenvalue weighted by atomic mass is 19.4. The molecule has 1 amide bonds. The Hall–Kier alpha value is -2.97. The van der Waals surface area contributed by atoms with Crippen LogP contribution in [0.3, 0.4) is 0 Å². The average Bonchev–Trinajstić information content (AvgIpc) is 3.43. The van der Waals surface area contributed by atoms with E-state index in [-0.39, 0.29) is 24.2 Å². The third kappa shape index (κ3) is 4.13. The van der Waals surface area contributed by atoms with Crippen molar-refractivity contribution in [3.05, 3.63) is 47.4 Å². The minimum Gasteiger partial charge on any atom is -0.508 e. The van der Waals surface area contributed by atoms with Gasteiger partial charge in [-0.15, -0.1) is 0 Å². The topological polar surface area (TPSA) is 72.1 Å². The molecule has 9 heteroatoms. The first-order valence-corrected chi connectivity index (χ1v) is 10.4. The number of carbonyl (C=O) groups excluding carboxylic acids is 1. The van der Waals surface area contributed by atoms with Gasteiger partial charge in [0.05, 0.1) is 24.2 Å². The summed E-state index contributed by atoms with van der Waals surface area (Å²) >= 11 is 0. The lowest BCUT2D eigenvalue weighted by Gasteiger charge is -2.16. The van der Waals surface area contributed by atoms with Crippen LogP contribution in [0.4, 0.5) is 13.2 Å². The molecule has 1 fully saturated rings. The zero-order valence-corrected chi connectivity index (χ0v) is 17.4. The second-order valence-corrected chi connectivity index (χ2v) is 8.24. The molecule has 1 aliphatic carbocycles. The van der Waals surface area contributed by atoms with Crippen LogP contribution in [0, 0.1) is 0 Å². The highest BCUT2D eigenvalue weighted by Gasteiger charge is 2.36. The average molecular weight is 434 g/mol. The fourth-order valence-corrected chi connectivity index (χ4v) is 4.40. The van der Waals surface area contributed by atoms with Crippen molar-refractivity contribution < 1.29 is 23.1 Å². The lowest BCUT2D eigenvalue weighted by Crippen LogP contribution is -2.29. The summed E-state index contributed by atoms with van der Waals surface area (Å²) < 4.78 is 43.0. The van der Waals surface area contributed by atoms with E-state index in [1.807, 2.05) is 17.8 Å². The lowest BCUT2D eigenvalue weighted by molar-refractivity contribution is -0.141. The molecule has 0 bridgehead atoms. The molecule has 2 heterocycles. The van der Waals surface area contributed by atoms with Gasteiger partial charge in [-0.2, -0.15) is 18.3 Å². The first-order chi connectivity index (χ1) is 14.6. The summed E-state index contributed by atoms with van der Waals surface area (Å²) in [7, 11) is 1.85. The van der Waals surface area contributed by atoms with Gasteiger partial charge in [-0.3, -0.25) is 9.48 Å². The quantitative estimate of drug-likeness (QED) is 0.615. The van der Waals surface area contributed by atoms with Crippen molar-refractivity contribution in [1.29, 1.82) is 0 Å². The molecule has 0 radical (unpaired) electrons. The van der Waals surface area contributed by atoms with Gasteiger partial charge in [0.25, 0.3) is 0 Å². The highest BCUT2D eigenvalue weighted by molar-refractivity contribution is 5.92. The number of carbonyl (C=O) groups is 1. The second-order valence-electron chi connectivity index (χ2n) is 8.24. The number of aromatic nitrogens is 3. The van der Waals surface area contributed by atoms with Crippen molar-refractivity contribution in [1.82, 2.24) is 19.7 Å². The number of nitrogens with one attached hydrogen (secondary N) is 1. The fourth-order valence-electron chi connectivity index (χ4n) is 4.40. The Balaban J connectivity index is 1.55. The van der Waals surface area contributed by atoms with Crippen LogP contribution < -0.4 is 5.32 Å². The molecule has 2 N–H and O–H groups in total. The Morgan fingerprint density at radius 3 is 2.68 bits per heavy atom. The molecule has 6 nitrogen and oxygen atoms in total. The molecular weight excluding hydrogens is 409 g/mol. The van der Waals surface area contributed by atoms with Crippen LogP contribution >= 0.6 is 0 Å². The number of amides is 1. The van der Waals surface area contributed by atoms with Gasteiger partial charge in [-0.05, 0) is 49.6 Å². The number of rotatable bonds is 5. The maximum atomic E-state index is 13.2. The molecule has 1 aromatic carbocycles. The number of aromatic hydroxyl groups is 1. The molecule has 1 atom stereocenters. The van der Waals surface area contributed by atoms with Crippen LogP contribution in [0.5, 0.6) is 5.75 Å². The Bertz CT molecular complexity index is 1110. The van der Waals surface area contributed by atoms with E-state index in [0.29, 0.717) is 5.69 Å². The van der Waals surface area contributed by atoms with Crippen LogP contribution in [0.25, 0.3) is 10.9 Å². The number of benzene rings is 1. The maximum absolute atomic E-state index is 13.2. The number of aryl methyl sites for hydroxylation is 1. The van der Waals surface area contributed by atoms with Crippen molar-refractivity contribution in [3.63, 3.8) is 0 Å². The van der Waals surface area contributed by atoms with Crippen molar-refractivity contribution in [2.75, 3.05) is 0 Å². The molecule has 1 saturated carbocycles. The largest absolute Gasteiger partial charge is 0.508 e. The lowest BCUT2D eigenvalue weighted by atomic mass is 9.99. The number of phenolic OH excluding ortho intramolecular Hbond substituents is 1. The van der Waals surface area contributed by atoms with Crippen LogP contribution in [0.15, 0.2) is 30.5 Å². The number of fused-ring (bicyclic) bond motifs is 1. The number of alkyl halides is 3. The number of hydrogen-bond acceptors (Lipinski definition) is 3. The third-order valence-electron chi connectivity index (χ3n) is 6.08. The predicted octanol–water partition coefficient (Wildman–Crippen LogP) is 4.63. The summed E-state index contributed by atoms with van der Waals surface area (Å²) in [6.07, 6.45) is 0.802. The van der Waals surface area contributed by atoms with Gasteiger partial charge in [0.1, 0.15) is 5.75 Å². The zero-order valence-electron chi connectivity index (χ0n) is 17.4. The summed E-state index contributed by atoms with van der Waals surface area (Å²) in [5.74, 6) is -0.744. The first kappa shape index (κ1) is 21.3. The Labute approximate surface area is 177 Å². The van der Waals surface area contributed by atoms with Gasteiger partial charge >= 0.3 is 6.18 Å². The molecule has 31 heavy (non-hydrogen) atoms. The Morgan fingerprint density at radius 1 is 1.29 bits per heavy atom. The van der Waals surface area contributed by atoms with Crippen molar-refractivity contribution in [3.8, 4) is 5.75 Å². The highest BCUT2D eigenvalue weighted by Crippen LogP contribution is 2.34. The van der Waals surface area contributed by atoms with Crippen LogP contribution in [-0.4, -0.2) is 25.4 Å². The minimum absolute atomic E-state index is 0.0290. The number of nitrogens with zero attached hydrogens (tertiary/aromatic N) is 3. The van der Waals surface area contributed by atoms with Crippen molar-refractivity contribution in [2.24, 2.45) is 7.05 Å². The van der Waals surface area contributed by atoms with Gasteiger partial charge in [0.2, 0.25) is 5.91 Å². The third-order valence-corrected chi connectivity index (χ3v) is 6.08. The second kappa shape index (κ2) is 7.94. The van der Waals surface area contributed by atoms with Crippen molar-refractivity contribution in [2.45, 2.75) is 57.3 Å². The fraction of sp³-hybridized carbons (Fsp3) is 0.455. The molecule has 4 rings (SSSR count). The van der Waals surface area contributed by atoms with Gasteiger partial charge < -0.3 is 15.0 Å². The van der Waals surface area contributed by atoms with E-state index in [9.17, 15) is 23.1 Å². The summed E-state index contributed by atoms with van der Waals surface area (Å²) in [4.78, 5) is 12.9. The Kier molecular flexibility index (Phi) is 5.45. The first-order valence-electron chi connectivity index (χ1n) is 10.4. The van der Waals surface area contributed by atoms with Crippen LogP contribution in [0.2, 0.25) is 0 Å². The van der Waals surface area contributed by atoms with E-state index in [1.54, 1.807) is 25.1 Å². The van der Waals surface area contributed by atoms with E-state index in [2.05, 4.69) is 10.4 Å². The van der Waals surface area contributed by atoms with E-state index < -0.39 is 17.8 Å². The molecular formula is C22H25F3N4O2. The van der Waals surface area contributed by atoms with Crippen LogP contribution in [-0.2, 0) is 24.6 Å². The molecule has 1 unspecified atom stereocenters. The molecule has 3 aromatic rings. The monoisotopic (exact) mass is 434 g/mol. The van der Waals surface area contributed by atoms with Gasteiger partial charge in [-0.1, -0.05) is 12.8 Å². The molecule has 2 aromatic heterocycles. The van der Waals surface area contributed by atoms with Gasteiger partial charge in [0, 0.05) is 24.1 Å². The molecule has 166 valence electrons. The normalized spacial score (nSPS) is 16.2.